The van der Waals surface area contributed by atoms with Crippen LogP contribution in [-0.4, -0.2) is 36.0 Å². The summed E-state index contributed by atoms with van der Waals surface area (Å²) in [5.74, 6) is -0.808. The van der Waals surface area contributed by atoms with E-state index in [1.807, 2.05) is 0 Å². The number of carbonyl (C=O) groups is 1. The highest BCUT2D eigenvalue weighted by molar-refractivity contribution is 5.92. The van der Waals surface area contributed by atoms with Gasteiger partial charge in [-0.2, -0.15) is 0 Å². The fourth-order valence-electron chi connectivity index (χ4n) is 3.43. The Morgan fingerprint density at radius 3 is 3.05 bits per heavy atom. The van der Waals surface area contributed by atoms with E-state index in [0.29, 0.717) is 29.8 Å². The second-order valence-electron chi connectivity index (χ2n) is 5.69. The lowest BCUT2D eigenvalue weighted by atomic mass is 10.1. The van der Waals surface area contributed by atoms with Gasteiger partial charge in [0, 0.05) is 36.3 Å². The van der Waals surface area contributed by atoms with Crippen molar-refractivity contribution in [1.29, 1.82) is 0 Å². The first-order valence-corrected chi connectivity index (χ1v) is 7.21. The Labute approximate surface area is 118 Å². The fourth-order valence-corrected chi connectivity index (χ4v) is 3.43. The Bertz CT molecular complexity index is 520. The Balaban J connectivity index is 1.66. The summed E-state index contributed by atoms with van der Waals surface area (Å²) in [6.45, 7) is 2.77. The first-order chi connectivity index (χ1) is 9.65. The summed E-state index contributed by atoms with van der Waals surface area (Å²) < 4.78 is 13.8. The molecule has 20 heavy (non-hydrogen) atoms. The Morgan fingerprint density at radius 1 is 1.40 bits per heavy atom. The number of hydrogen-bond acceptors (Lipinski definition) is 3. The van der Waals surface area contributed by atoms with Gasteiger partial charge in [0.25, 0.3) is 0 Å². The topological polar surface area (TPSA) is 58.4 Å². The number of fused-ring (bicyclic) bond motifs is 1. The van der Waals surface area contributed by atoms with Crippen LogP contribution in [0.1, 0.15) is 35.2 Å². The molecule has 1 aromatic rings. The summed E-state index contributed by atoms with van der Waals surface area (Å²) in [5.41, 5.74) is 6.10. The number of amides is 1. The molecule has 0 spiro atoms. The highest BCUT2D eigenvalue weighted by Crippen LogP contribution is 2.28. The van der Waals surface area contributed by atoms with E-state index in [4.69, 9.17) is 5.73 Å². The van der Waals surface area contributed by atoms with Gasteiger partial charge in [0.05, 0.1) is 0 Å². The van der Waals surface area contributed by atoms with Crippen molar-refractivity contribution in [2.24, 2.45) is 5.73 Å². The maximum atomic E-state index is 13.8. The SMILES string of the molecule is NC(=O)c1ccc(F)c(CNC2CCN3CCCC23)c1. The molecule has 4 nitrogen and oxygen atoms in total. The number of halogens is 1. The monoisotopic (exact) mass is 277 g/mol. The molecule has 2 saturated heterocycles. The molecule has 2 unspecified atom stereocenters. The van der Waals surface area contributed by atoms with Crippen LogP contribution in [0, 0.1) is 5.82 Å². The quantitative estimate of drug-likeness (QED) is 0.871. The lowest BCUT2D eigenvalue weighted by Gasteiger charge is -2.21. The predicted octanol–water partition coefficient (Wildman–Crippen LogP) is 1.25. The van der Waals surface area contributed by atoms with Gasteiger partial charge in [-0.3, -0.25) is 9.69 Å². The molecular weight excluding hydrogens is 257 g/mol. The summed E-state index contributed by atoms with van der Waals surface area (Å²) in [7, 11) is 0. The van der Waals surface area contributed by atoms with Gasteiger partial charge in [-0.05, 0) is 44.0 Å². The van der Waals surface area contributed by atoms with Gasteiger partial charge < -0.3 is 11.1 Å². The summed E-state index contributed by atoms with van der Waals surface area (Å²) in [6.07, 6.45) is 3.59. The molecule has 108 valence electrons. The molecule has 2 atom stereocenters. The molecule has 2 aliphatic rings. The van der Waals surface area contributed by atoms with E-state index in [-0.39, 0.29) is 5.82 Å². The Kier molecular flexibility index (Phi) is 3.72. The molecule has 5 heteroatoms. The van der Waals surface area contributed by atoms with Crippen LogP contribution in [0.4, 0.5) is 4.39 Å². The number of hydrogen-bond donors (Lipinski definition) is 2. The van der Waals surface area contributed by atoms with E-state index >= 15 is 0 Å². The van der Waals surface area contributed by atoms with Crippen molar-refractivity contribution in [3.05, 3.63) is 35.1 Å². The zero-order valence-corrected chi connectivity index (χ0v) is 11.4. The number of primary amides is 1. The van der Waals surface area contributed by atoms with Gasteiger partial charge in [0.1, 0.15) is 5.82 Å². The number of nitrogens with two attached hydrogens (primary N) is 1. The van der Waals surface area contributed by atoms with Crippen LogP contribution in [0.3, 0.4) is 0 Å². The van der Waals surface area contributed by atoms with Gasteiger partial charge >= 0.3 is 0 Å². The van der Waals surface area contributed by atoms with Crippen LogP contribution >= 0.6 is 0 Å². The zero-order valence-electron chi connectivity index (χ0n) is 11.4. The summed E-state index contributed by atoms with van der Waals surface area (Å²) in [6, 6.07) is 5.31. The molecule has 2 heterocycles. The van der Waals surface area contributed by atoms with Crippen LogP contribution in [0.25, 0.3) is 0 Å². The molecule has 0 aliphatic carbocycles. The maximum Gasteiger partial charge on any atom is 0.248 e. The van der Waals surface area contributed by atoms with Gasteiger partial charge in [-0.25, -0.2) is 4.39 Å². The molecule has 1 aromatic carbocycles. The van der Waals surface area contributed by atoms with Gasteiger partial charge in [0.2, 0.25) is 5.91 Å². The first kappa shape index (κ1) is 13.5. The highest BCUT2D eigenvalue weighted by Gasteiger charge is 2.36. The fraction of sp³-hybridized carbons (Fsp3) is 0.533. The molecule has 0 bridgehead atoms. The van der Waals surface area contributed by atoms with Crippen molar-refractivity contribution in [1.82, 2.24) is 10.2 Å². The van der Waals surface area contributed by atoms with E-state index in [0.717, 1.165) is 13.0 Å². The number of rotatable bonds is 4. The van der Waals surface area contributed by atoms with E-state index in [1.54, 1.807) is 6.07 Å². The average Bonchev–Trinajstić information content (AvgIpc) is 3.01. The van der Waals surface area contributed by atoms with Crippen LogP contribution in [0.2, 0.25) is 0 Å². The molecule has 0 radical (unpaired) electrons. The van der Waals surface area contributed by atoms with Crippen molar-refractivity contribution in [2.45, 2.75) is 37.9 Å². The lowest BCUT2D eigenvalue weighted by molar-refractivity contribution is 0.1000. The van der Waals surface area contributed by atoms with Gasteiger partial charge in [-0.15, -0.1) is 0 Å². The molecule has 0 aromatic heterocycles. The Hall–Kier alpha value is -1.46. The molecular formula is C15H20FN3O. The minimum Gasteiger partial charge on any atom is -0.366 e. The minimum atomic E-state index is -0.519. The predicted molar refractivity (Wildman–Crippen MR) is 74.8 cm³/mol. The number of nitrogens with zero attached hydrogens (tertiary/aromatic N) is 1. The minimum absolute atomic E-state index is 0.288. The van der Waals surface area contributed by atoms with E-state index < -0.39 is 5.91 Å². The molecule has 2 fully saturated rings. The maximum absolute atomic E-state index is 13.8. The third-order valence-electron chi connectivity index (χ3n) is 4.49. The number of nitrogens with one attached hydrogen (secondary N) is 1. The smallest absolute Gasteiger partial charge is 0.248 e. The van der Waals surface area contributed by atoms with E-state index in [1.165, 1.54) is 31.5 Å². The van der Waals surface area contributed by atoms with Crippen molar-refractivity contribution >= 4 is 5.91 Å². The van der Waals surface area contributed by atoms with E-state index in [9.17, 15) is 9.18 Å². The standard InChI is InChI=1S/C15H20FN3O/c16-12-4-3-10(15(17)20)8-11(12)9-18-13-5-7-19-6-1-2-14(13)19/h3-4,8,13-14,18H,1-2,5-7,9H2,(H2,17,20). The summed E-state index contributed by atoms with van der Waals surface area (Å²) in [4.78, 5) is 13.7. The molecule has 0 saturated carbocycles. The van der Waals surface area contributed by atoms with Crippen LogP contribution in [0.5, 0.6) is 0 Å². The van der Waals surface area contributed by atoms with Crippen LogP contribution in [-0.2, 0) is 6.54 Å². The average molecular weight is 277 g/mol. The molecule has 3 rings (SSSR count). The van der Waals surface area contributed by atoms with Crippen molar-refractivity contribution < 1.29 is 9.18 Å². The lowest BCUT2D eigenvalue weighted by Crippen LogP contribution is -2.38. The second kappa shape index (κ2) is 5.50. The highest BCUT2D eigenvalue weighted by atomic mass is 19.1. The van der Waals surface area contributed by atoms with Crippen molar-refractivity contribution in [2.75, 3.05) is 13.1 Å². The second-order valence-corrected chi connectivity index (χ2v) is 5.69. The Morgan fingerprint density at radius 2 is 2.25 bits per heavy atom. The van der Waals surface area contributed by atoms with Crippen molar-refractivity contribution in [3.63, 3.8) is 0 Å². The molecule has 2 aliphatic heterocycles. The zero-order chi connectivity index (χ0) is 14.1. The normalized spacial score (nSPS) is 25.9. The third-order valence-corrected chi connectivity index (χ3v) is 4.49. The number of carbonyl (C=O) groups excluding carboxylic acids is 1. The summed E-state index contributed by atoms with van der Waals surface area (Å²) in [5, 5.41) is 3.44. The van der Waals surface area contributed by atoms with Crippen LogP contribution < -0.4 is 11.1 Å². The largest absolute Gasteiger partial charge is 0.366 e. The van der Waals surface area contributed by atoms with Gasteiger partial charge in [-0.1, -0.05) is 0 Å². The molecule has 3 N–H and O–H groups in total. The van der Waals surface area contributed by atoms with E-state index in [2.05, 4.69) is 10.2 Å². The van der Waals surface area contributed by atoms with Crippen molar-refractivity contribution in [3.8, 4) is 0 Å². The molecule has 1 amide bonds. The first-order valence-electron chi connectivity index (χ1n) is 7.21. The third kappa shape index (κ3) is 2.55. The van der Waals surface area contributed by atoms with Crippen LogP contribution in [0.15, 0.2) is 18.2 Å². The summed E-state index contributed by atoms with van der Waals surface area (Å²) >= 11 is 0. The number of benzene rings is 1. The van der Waals surface area contributed by atoms with Gasteiger partial charge in [0.15, 0.2) is 0 Å².